The van der Waals surface area contributed by atoms with Crippen LogP contribution in [0.4, 0.5) is 0 Å². The molecule has 0 aromatic heterocycles. The normalized spacial score (nSPS) is 56.8. The monoisotopic (exact) mass is 929 g/mol. The van der Waals surface area contributed by atoms with E-state index in [-0.39, 0.29) is 46.7 Å². The van der Waals surface area contributed by atoms with E-state index in [1.54, 1.807) is 0 Å². The predicted octanol–water partition coefficient (Wildman–Crippen LogP) is 0.314. The summed E-state index contributed by atoms with van der Waals surface area (Å²) in [6, 6.07) is 0. The number of hydrogen-bond acceptors (Lipinski definition) is 18. The summed E-state index contributed by atoms with van der Waals surface area (Å²) in [5.41, 5.74) is -0.597. The average molecular weight is 929 g/mol. The summed E-state index contributed by atoms with van der Waals surface area (Å²) in [4.78, 5) is 0. The number of aliphatic hydroxyl groups excluding tert-OH is 7. The first kappa shape index (κ1) is 49.0. The third-order valence-corrected chi connectivity index (χ3v) is 18.9. The molecule has 0 aromatic rings. The molecule has 18 nitrogen and oxygen atoms in total. The third kappa shape index (κ3) is 7.32. The fraction of sp³-hybridized carbons (Fsp3) is 0.957. The molecule has 2 spiro atoms. The Morgan fingerprint density at radius 3 is 2.14 bits per heavy atom. The SMILES string of the molecule is CC(C)=C[C@@H]1C[C@](C)(O)[C@H]2[C@H]3CC[C@H]4[C@@]5(C)CC[C@H](O[C@@H]6OC[C@H](O)[C@H](O[C@@H]7O[C@H](CO)[C@@H](O)[C@H](O)[C@H]7O)[C@H]6O[C@@H]6O[C@@H](C)C(O)(O)[C@@H](O)[C@H]6O)C(C)(C)[C@H]5CC[C@]4(C)[C@@]34CO[C@@]2(C4)O1. The molecule has 5 heterocycles. The van der Waals surface area contributed by atoms with Gasteiger partial charge in [-0.15, -0.1) is 0 Å². The number of hydrogen-bond donors (Lipinski definition) is 10. The summed E-state index contributed by atoms with van der Waals surface area (Å²) >= 11 is 0. The lowest BCUT2D eigenvalue weighted by molar-refractivity contribution is -0.413. The van der Waals surface area contributed by atoms with E-state index in [1.165, 1.54) is 6.92 Å². The lowest BCUT2D eigenvalue weighted by Crippen LogP contribution is -2.69. The van der Waals surface area contributed by atoms with E-state index in [2.05, 4.69) is 47.6 Å². The highest BCUT2D eigenvalue weighted by molar-refractivity contribution is 5.26. The number of ether oxygens (including phenoxy) is 8. The summed E-state index contributed by atoms with van der Waals surface area (Å²) in [7, 11) is 0. The van der Waals surface area contributed by atoms with Gasteiger partial charge in [-0.2, -0.15) is 0 Å². The second kappa shape index (κ2) is 16.6. The molecule has 0 amide bonds. The van der Waals surface area contributed by atoms with E-state index in [0.29, 0.717) is 25.4 Å². The van der Waals surface area contributed by atoms with Gasteiger partial charge in [-0.1, -0.05) is 39.3 Å². The molecule has 24 atom stereocenters. The van der Waals surface area contributed by atoms with Crippen molar-refractivity contribution in [3.63, 3.8) is 0 Å². The third-order valence-electron chi connectivity index (χ3n) is 18.9. The Kier molecular flexibility index (Phi) is 12.5. The molecule has 4 saturated carbocycles. The van der Waals surface area contributed by atoms with Crippen LogP contribution in [0.1, 0.15) is 107 Å². The Hall–Kier alpha value is -0.980. The molecule has 2 bridgehead atoms. The molecule has 18 heteroatoms. The minimum absolute atomic E-state index is 0.0863. The zero-order chi connectivity index (χ0) is 47.2. The van der Waals surface area contributed by atoms with Gasteiger partial charge in [-0.05, 0) is 100 Å². The highest BCUT2D eigenvalue weighted by atomic mass is 16.8. The molecular weight excluding hydrogens is 852 g/mol. The number of rotatable bonds is 8. The number of fused-ring (bicyclic) bond motifs is 4. The minimum atomic E-state index is -2.83. The van der Waals surface area contributed by atoms with E-state index in [0.717, 1.165) is 44.1 Å². The largest absolute Gasteiger partial charge is 0.394 e. The van der Waals surface area contributed by atoms with E-state index in [9.17, 15) is 51.1 Å². The Balaban J connectivity index is 0.978. The zero-order valence-corrected chi connectivity index (χ0v) is 39.1. The summed E-state index contributed by atoms with van der Waals surface area (Å²) in [6.07, 6.45) is -13.3. The van der Waals surface area contributed by atoms with Crippen molar-refractivity contribution in [2.24, 2.45) is 45.3 Å². The van der Waals surface area contributed by atoms with Gasteiger partial charge in [-0.25, -0.2) is 0 Å². The Bertz CT molecular complexity index is 1790. The fourth-order valence-corrected chi connectivity index (χ4v) is 15.8. The molecule has 9 aliphatic rings. The van der Waals surface area contributed by atoms with E-state index >= 15 is 0 Å². The van der Waals surface area contributed by atoms with Gasteiger partial charge >= 0.3 is 0 Å². The summed E-state index contributed by atoms with van der Waals surface area (Å²) < 4.78 is 50.7. The molecule has 5 saturated heterocycles. The first-order chi connectivity index (χ1) is 30.3. The molecule has 5 aliphatic heterocycles. The van der Waals surface area contributed by atoms with Crippen LogP contribution in [0.15, 0.2) is 11.6 Å². The lowest BCUT2D eigenvalue weighted by Gasteiger charge is -2.70. The fourth-order valence-electron chi connectivity index (χ4n) is 15.8. The number of aliphatic hydroxyl groups is 10. The molecular formula is C47H76O18. The second-order valence-corrected chi connectivity index (χ2v) is 23.1. The maximum atomic E-state index is 12.2. The maximum absolute atomic E-state index is 12.2. The van der Waals surface area contributed by atoms with Crippen LogP contribution in [-0.4, -0.2) is 180 Å². The molecule has 0 unspecified atom stereocenters. The van der Waals surface area contributed by atoms with Crippen molar-refractivity contribution >= 4 is 0 Å². The minimum Gasteiger partial charge on any atom is -0.394 e. The molecule has 0 aromatic carbocycles. The van der Waals surface area contributed by atoms with Crippen LogP contribution in [0.5, 0.6) is 0 Å². The van der Waals surface area contributed by atoms with Gasteiger partial charge in [0.1, 0.15) is 61.0 Å². The molecule has 9 fully saturated rings. The van der Waals surface area contributed by atoms with Crippen molar-refractivity contribution in [1.29, 1.82) is 0 Å². The van der Waals surface area contributed by atoms with Crippen molar-refractivity contribution in [1.82, 2.24) is 0 Å². The van der Waals surface area contributed by atoms with E-state index < -0.39 is 115 Å². The zero-order valence-electron chi connectivity index (χ0n) is 39.1. The second-order valence-electron chi connectivity index (χ2n) is 23.1. The summed E-state index contributed by atoms with van der Waals surface area (Å²) in [6.45, 7) is 16.3. The Labute approximate surface area is 381 Å². The lowest BCUT2D eigenvalue weighted by atomic mass is 9.35. The van der Waals surface area contributed by atoms with Gasteiger partial charge in [0.15, 0.2) is 24.7 Å². The number of allylic oxidation sites excluding steroid dienone is 1. The van der Waals surface area contributed by atoms with Gasteiger partial charge in [0, 0.05) is 24.2 Å². The van der Waals surface area contributed by atoms with Crippen molar-refractivity contribution in [3.05, 3.63) is 11.6 Å². The van der Waals surface area contributed by atoms with Crippen LogP contribution in [0.3, 0.4) is 0 Å². The Morgan fingerprint density at radius 1 is 0.754 bits per heavy atom. The van der Waals surface area contributed by atoms with Gasteiger partial charge in [-0.3, -0.25) is 0 Å². The summed E-state index contributed by atoms with van der Waals surface area (Å²) in [5.74, 6) is -2.97. The quantitative estimate of drug-likeness (QED) is 0.0892. The van der Waals surface area contributed by atoms with Crippen molar-refractivity contribution in [2.45, 2.75) is 216 Å². The van der Waals surface area contributed by atoms with Crippen molar-refractivity contribution < 1.29 is 89.0 Å². The maximum Gasteiger partial charge on any atom is 0.219 e. The Morgan fingerprint density at radius 2 is 1.45 bits per heavy atom. The van der Waals surface area contributed by atoms with Crippen LogP contribution >= 0.6 is 0 Å². The highest BCUT2D eigenvalue weighted by Crippen LogP contribution is 2.80. The van der Waals surface area contributed by atoms with Crippen LogP contribution < -0.4 is 0 Å². The van der Waals surface area contributed by atoms with Crippen molar-refractivity contribution in [2.75, 3.05) is 19.8 Å². The summed E-state index contributed by atoms with van der Waals surface area (Å²) in [5, 5.41) is 108. The van der Waals surface area contributed by atoms with Gasteiger partial charge < -0.3 is 89.0 Å². The standard InChI is InChI=1S/C47H76O18/c1-21(2)15-23-16-44(8,55)36-24-9-10-28-42(6)13-12-29(41(4,5)27(42)11-14-43(28,7)45(24)19-46(36,65-23)59-20-45)62-40-35(64-39-33(53)37(54)47(56,57)22(3)60-39)34(25(49)18-58-40)63-38-32(52)31(51)30(50)26(17-48)61-38/h15,22-40,48-57H,9-14,16-20H2,1-8H3/t22-,23+,24+,25-,26+,27+,28-,29-,30+,31-,32+,33+,34-,35+,36+,37-,38-,39-,40-,42-,43-,44-,45-,46-/m0/s1. The highest BCUT2D eigenvalue weighted by Gasteiger charge is 2.81. The van der Waals surface area contributed by atoms with E-state index in [4.69, 9.17) is 37.9 Å². The van der Waals surface area contributed by atoms with Crippen LogP contribution in [0, 0.1) is 45.3 Å². The van der Waals surface area contributed by atoms with Crippen LogP contribution in [-0.2, 0) is 37.9 Å². The molecule has 0 radical (unpaired) electrons. The van der Waals surface area contributed by atoms with Crippen molar-refractivity contribution in [3.8, 4) is 0 Å². The molecule has 9 rings (SSSR count). The van der Waals surface area contributed by atoms with Crippen LogP contribution in [0.25, 0.3) is 0 Å². The smallest absolute Gasteiger partial charge is 0.219 e. The molecule has 372 valence electrons. The van der Waals surface area contributed by atoms with Gasteiger partial charge in [0.05, 0.1) is 37.6 Å². The topological polar surface area (TPSA) is 276 Å². The molecule has 10 N–H and O–H groups in total. The van der Waals surface area contributed by atoms with Gasteiger partial charge in [0.25, 0.3) is 0 Å². The first-order valence-corrected chi connectivity index (χ1v) is 24.0. The average Bonchev–Trinajstić information content (AvgIpc) is 3.75. The van der Waals surface area contributed by atoms with E-state index in [1.807, 2.05) is 6.92 Å². The van der Waals surface area contributed by atoms with Crippen LogP contribution in [0.2, 0.25) is 0 Å². The predicted molar refractivity (Wildman–Crippen MR) is 225 cm³/mol. The molecule has 65 heavy (non-hydrogen) atoms. The first-order valence-electron chi connectivity index (χ1n) is 24.0. The van der Waals surface area contributed by atoms with Gasteiger partial charge in [0.2, 0.25) is 5.79 Å². The molecule has 4 aliphatic carbocycles.